The molecule has 25 heavy (non-hydrogen) atoms. The molecule has 7 nitrogen and oxygen atoms in total. The Hall–Kier alpha value is -3.22. The van der Waals surface area contributed by atoms with Crippen molar-refractivity contribution in [2.24, 2.45) is 0 Å². The number of aryl methyl sites for hydroxylation is 1. The molecule has 0 unspecified atom stereocenters. The number of pyridine rings is 1. The van der Waals surface area contributed by atoms with E-state index in [0.717, 1.165) is 16.5 Å². The van der Waals surface area contributed by atoms with Crippen LogP contribution in [0.2, 0.25) is 0 Å². The van der Waals surface area contributed by atoms with Crippen LogP contribution in [0.25, 0.3) is 21.8 Å². The van der Waals surface area contributed by atoms with Gasteiger partial charge >= 0.3 is 5.97 Å². The van der Waals surface area contributed by atoms with E-state index in [9.17, 15) is 14.9 Å². The summed E-state index contributed by atoms with van der Waals surface area (Å²) in [5.74, 6) is -0.868. The zero-order valence-corrected chi connectivity index (χ0v) is 13.7. The molecule has 1 heterocycles. The van der Waals surface area contributed by atoms with E-state index in [1.165, 1.54) is 6.07 Å². The highest BCUT2D eigenvalue weighted by Gasteiger charge is 2.20. The number of carboxylic acid groups (broad SMARTS) is 1. The highest BCUT2D eigenvalue weighted by atomic mass is 16.6. The van der Waals surface area contributed by atoms with Gasteiger partial charge in [0.05, 0.1) is 21.6 Å². The Morgan fingerprint density at radius 2 is 2.04 bits per heavy atom. The number of aromatic nitrogens is 1. The lowest BCUT2D eigenvalue weighted by Crippen LogP contribution is -2.07. The molecule has 3 rings (SSSR count). The summed E-state index contributed by atoms with van der Waals surface area (Å²) in [6.45, 7) is 2.27. The maximum atomic E-state index is 11.5. The highest BCUT2D eigenvalue weighted by molar-refractivity contribution is 6.11. The first-order valence-electron chi connectivity index (χ1n) is 7.91. The number of nitrogens with one attached hydrogen (secondary N) is 1. The largest absolute Gasteiger partial charge is 0.481 e. The van der Waals surface area contributed by atoms with Crippen LogP contribution in [0.4, 0.5) is 11.4 Å². The minimum Gasteiger partial charge on any atom is -0.481 e. The van der Waals surface area contributed by atoms with Crippen LogP contribution in [0, 0.1) is 17.0 Å². The zero-order chi connectivity index (χ0) is 18.0. The Balaban J connectivity index is 2.22. The number of anilines is 1. The molecular formula is C18H17N3O4. The molecule has 3 aromatic rings. The average Bonchev–Trinajstić information content (AvgIpc) is 2.58. The van der Waals surface area contributed by atoms with Gasteiger partial charge < -0.3 is 10.4 Å². The number of fused-ring (bicyclic) bond motifs is 2. The standard InChI is InChI=1S/C18H17N3O4/c1-11-8-9-14(21(24)25)16-17(11)20-13-6-3-2-5-12(13)18(16)19-10-4-7-15(22)23/h2-3,5-6,8-9H,4,7,10H2,1H3,(H,19,20)(H,22,23). The van der Waals surface area contributed by atoms with Gasteiger partial charge in [-0.05, 0) is 25.0 Å². The predicted molar refractivity (Wildman–Crippen MR) is 96.0 cm³/mol. The molecule has 0 aliphatic carbocycles. The van der Waals surface area contributed by atoms with Crippen LogP contribution >= 0.6 is 0 Å². The van der Waals surface area contributed by atoms with Crippen LogP contribution < -0.4 is 5.32 Å². The molecule has 0 saturated heterocycles. The molecule has 128 valence electrons. The van der Waals surface area contributed by atoms with Crippen LogP contribution in [0.5, 0.6) is 0 Å². The minimum atomic E-state index is -0.868. The van der Waals surface area contributed by atoms with Crippen molar-refractivity contribution in [3.8, 4) is 0 Å². The molecule has 0 saturated carbocycles. The number of rotatable bonds is 6. The van der Waals surface area contributed by atoms with E-state index in [-0.39, 0.29) is 12.1 Å². The molecule has 2 aromatic carbocycles. The average molecular weight is 339 g/mol. The number of non-ortho nitro benzene ring substituents is 1. The summed E-state index contributed by atoms with van der Waals surface area (Å²) in [5, 5.41) is 24.7. The van der Waals surface area contributed by atoms with Gasteiger partial charge in [-0.2, -0.15) is 0 Å². The Kier molecular flexibility index (Phi) is 4.47. The molecule has 7 heteroatoms. The third kappa shape index (κ3) is 3.21. The lowest BCUT2D eigenvalue weighted by molar-refractivity contribution is -0.383. The van der Waals surface area contributed by atoms with E-state index >= 15 is 0 Å². The smallest absolute Gasteiger partial charge is 0.303 e. The van der Waals surface area contributed by atoms with Crippen molar-refractivity contribution in [3.05, 3.63) is 52.1 Å². The van der Waals surface area contributed by atoms with E-state index in [4.69, 9.17) is 5.11 Å². The van der Waals surface area contributed by atoms with E-state index in [1.807, 2.05) is 31.2 Å². The second-order valence-electron chi connectivity index (χ2n) is 5.81. The number of aliphatic carboxylic acids is 1. The highest BCUT2D eigenvalue weighted by Crippen LogP contribution is 2.37. The Bertz CT molecular complexity index is 985. The van der Waals surface area contributed by atoms with Crippen LogP contribution in [0.1, 0.15) is 18.4 Å². The Morgan fingerprint density at radius 1 is 1.28 bits per heavy atom. The summed E-state index contributed by atoms with van der Waals surface area (Å²) in [7, 11) is 0. The fraction of sp³-hybridized carbons (Fsp3) is 0.222. The first kappa shape index (κ1) is 16.6. The van der Waals surface area contributed by atoms with Crippen molar-refractivity contribution < 1.29 is 14.8 Å². The quantitative estimate of drug-likeness (QED) is 0.305. The summed E-state index contributed by atoms with van der Waals surface area (Å²) < 4.78 is 0. The molecular weight excluding hydrogens is 322 g/mol. The monoisotopic (exact) mass is 339 g/mol. The molecule has 0 spiro atoms. The maximum absolute atomic E-state index is 11.5. The van der Waals surface area contributed by atoms with Crippen molar-refractivity contribution in [2.45, 2.75) is 19.8 Å². The topological polar surface area (TPSA) is 105 Å². The van der Waals surface area contributed by atoms with E-state index in [1.54, 1.807) is 6.07 Å². The molecule has 0 atom stereocenters. The Labute approximate surface area is 143 Å². The van der Waals surface area contributed by atoms with Crippen molar-refractivity contribution in [1.82, 2.24) is 4.98 Å². The third-order valence-electron chi connectivity index (χ3n) is 4.08. The predicted octanol–water partition coefficient (Wildman–Crippen LogP) is 3.88. The fourth-order valence-corrected chi connectivity index (χ4v) is 2.90. The second-order valence-corrected chi connectivity index (χ2v) is 5.81. The number of nitro benzene ring substituents is 1. The van der Waals surface area contributed by atoms with Gasteiger partial charge in [-0.25, -0.2) is 4.98 Å². The molecule has 0 radical (unpaired) electrons. The van der Waals surface area contributed by atoms with E-state index < -0.39 is 10.9 Å². The number of carbonyl (C=O) groups is 1. The molecule has 0 aliphatic heterocycles. The summed E-state index contributed by atoms with van der Waals surface area (Å²) in [6.07, 6.45) is 0.460. The van der Waals surface area contributed by atoms with Gasteiger partial charge in [0.1, 0.15) is 5.39 Å². The number of carboxylic acids is 1. The van der Waals surface area contributed by atoms with Gasteiger partial charge in [-0.15, -0.1) is 0 Å². The van der Waals surface area contributed by atoms with Gasteiger partial charge in [0.25, 0.3) is 5.69 Å². The van der Waals surface area contributed by atoms with Gasteiger partial charge in [-0.1, -0.05) is 24.3 Å². The van der Waals surface area contributed by atoms with Crippen LogP contribution in [-0.4, -0.2) is 27.5 Å². The normalized spacial score (nSPS) is 10.9. The Morgan fingerprint density at radius 3 is 2.76 bits per heavy atom. The third-order valence-corrected chi connectivity index (χ3v) is 4.08. The number of hydrogen-bond donors (Lipinski definition) is 2. The van der Waals surface area contributed by atoms with Crippen molar-refractivity contribution in [3.63, 3.8) is 0 Å². The minimum absolute atomic E-state index is 0.0143. The van der Waals surface area contributed by atoms with Crippen molar-refractivity contribution >= 4 is 39.1 Å². The summed E-state index contributed by atoms with van der Waals surface area (Å²) in [4.78, 5) is 26.4. The van der Waals surface area contributed by atoms with Crippen molar-refractivity contribution in [2.75, 3.05) is 11.9 Å². The van der Waals surface area contributed by atoms with Gasteiger partial charge in [0.15, 0.2) is 0 Å². The lowest BCUT2D eigenvalue weighted by Gasteiger charge is -2.14. The SMILES string of the molecule is Cc1ccc([N+](=O)[O-])c2c(NCCCC(=O)O)c3ccccc3nc12. The van der Waals surface area contributed by atoms with E-state index in [0.29, 0.717) is 29.6 Å². The van der Waals surface area contributed by atoms with E-state index in [2.05, 4.69) is 10.3 Å². The van der Waals surface area contributed by atoms with Gasteiger partial charge in [0.2, 0.25) is 0 Å². The zero-order valence-electron chi connectivity index (χ0n) is 13.7. The lowest BCUT2D eigenvalue weighted by atomic mass is 10.0. The molecule has 1 aromatic heterocycles. The maximum Gasteiger partial charge on any atom is 0.303 e. The summed E-state index contributed by atoms with van der Waals surface area (Å²) >= 11 is 0. The molecule has 0 bridgehead atoms. The molecule has 2 N–H and O–H groups in total. The molecule has 0 fully saturated rings. The summed E-state index contributed by atoms with van der Waals surface area (Å²) in [6, 6.07) is 10.6. The number of benzene rings is 2. The fourth-order valence-electron chi connectivity index (χ4n) is 2.90. The first-order valence-corrected chi connectivity index (χ1v) is 7.91. The number of hydrogen-bond acceptors (Lipinski definition) is 5. The molecule has 0 aliphatic rings. The first-order chi connectivity index (χ1) is 12.0. The van der Waals surface area contributed by atoms with Crippen LogP contribution in [0.3, 0.4) is 0 Å². The number of para-hydroxylation sites is 1. The van der Waals surface area contributed by atoms with Crippen LogP contribution in [-0.2, 0) is 4.79 Å². The van der Waals surface area contributed by atoms with Crippen LogP contribution in [0.15, 0.2) is 36.4 Å². The number of nitrogens with zero attached hydrogens (tertiary/aromatic N) is 2. The van der Waals surface area contributed by atoms with Crippen molar-refractivity contribution in [1.29, 1.82) is 0 Å². The second kappa shape index (κ2) is 6.72. The summed E-state index contributed by atoms with van der Waals surface area (Å²) in [5.41, 5.74) is 2.77. The molecule has 0 amide bonds. The van der Waals surface area contributed by atoms with Gasteiger partial charge in [-0.3, -0.25) is 14.9 Å². The van der Waals surface area contributed by atoms with Gasteiger partial charge in [0, 0.05) is 24.4 Å². The number of nitro groups is 1.